The van der Waals surface area contributed by atoms with Gasteiger partial charge in [-0.1, -0.05) is 26.0 Å². The van der Waals surface area contributed by atoms with Crippen LogP contribution < -0.4 is 16.1 Å². The van der Waals surface area contributed by atoms with E-state index in [0.29, 0.717) is 23.7 Å². The fourth-order valence-electron chi connectivity index (χ4n) is 3.97. The van der Waals surface area contributed by atoms with Crippen molar-refractivity contribution in [3.63, 3.8) is 0 Å². The molecule has 9 nitrogen and oxygen atoms in total. The molecule has 0 radical (unpaired) electrons. The van der Waals surface area contributed by atoms with E-state index in [-0.39, 0.29) is 5.92 Å². The van der Waals surface area contributed by atoms with Crippen LogP contribution in [0.25, 0.3) is 11.2 Å². The third-order valence-corrected chi connectivity index (χ3v) is 5.61. The molecule has 4 rings (SSSR count). The molecule has 3 aromatic rings. The van der Waals surface area contributed by atoms with E-state index in [2.05, 4.69) is 52.7 Å². The van der Waals surface area contributed by atoms with Crippen LogP contribution in [-0.2, 0) is 36.1 Å². The average molecular weight is 411 g/mol. The number of esters is 1. The van der Waals surface area contributed by atoms with E-state index < -0.39 is 23.8 Å². The molecule has 0 fully saturated rings. The molecule has 1 aliphatic heterocycles. The number of aromatic nitrogens is 4. The van der Waals surface area contributed by atoms with Crippen molar-refractivity contribution in [2.75, 3.05) is 18.6 Å². The first-order valence-electron chi connectivity index (χ1n) is 9.99. The normalized spacial score (nSPS) is 16.0. The van der Waals surface area contributed by atoms with E-state index in [0.717, 1.165) is 23.2 Å². The molecule has 0 amide bonds. The van der Waals surface area contributed by atoms with Gasteiger partial charge in [0.2, 0.25) is 5.95 Å². The first-order valence-corrected chi connectivity index (χ1v) is 9.99. The molecule has 0 bridgehead atoms. The summed E-state index contributed by atoms with van der Waals surface area (Å²) in [5, 5.41) is 0. The van der Waals surface area contributed by atoms with Gasteiger partial charge in [0.1, 0.15) is 6.54 Å². The van der Waals surface area contributed by atoms with Crippen LogP contribution in [0.5, 0.6) is 0 Å². The second-order valence-electron chi connectivity index (χ2n) is 7.74. The van der Waals surface area contributed by atoms with Crippen LogP contribution in [0.15, 0.2) is 33.9 Å². The van der Waals surface area contributed by atoms with Crippen LogP contribution in [0.3, 0.4) is 0 Å². The van der Waals surface area contributed by atoms with Crippen LogP contribution in [0.4, 0.5) is 11.6 Å². The van der Waals surface area contributed by atoms with Crippen molar-refractivity contribution in [1.29, 1.82) is 0 Å². The molecule has 0 unspecified atom stereocenters. The summed E-state index contributed by atoms with van der Waals surface area (Å²) < 4.78 is 8.72. The van der Waals surface area contributed by atoms with Gasteiger partial charge in [-0.05, 0) is 30.0 Å². The number of methoxy groups -OCH3 is 1. The highest BCUT2D eigenvalue weighted by Gasteiger charge is 2.30. The van der Waals surface area contributed by atoms with E-state index in [9.17, 15) is 14.4 Å². The molecule has 1 atom stereocenters. The molecule has 0 saturated carbocycles. The van der Waals surface area contributed by atoms with Gasteiger partial charge in [-0.2, -0.15) is 4.98 Å². The van der Waals surface area contributed by atoms with Gasteiger partial charge in [0.25, 0.3) is 5.56 Å². The van der Waals surface area contributed by atoms with Gasteiger partial charge in [-0.15, -0.1) is 0 Å². The second-order valence-corrected chi connectivity index (χ2v) is 7.74. The van der Waals surface area contributed by atoms with Crippen molar-refractivity contribution in [1.82, 2.24) is 18.7 Å². The Morgan fingerprint density at radius 3 is 2.53 bits per heavy atom. The molecular weight excluding hydrogens is 386 g/mol. The Morgan fingerprint density at radius 2 is 1.90 bits per heavy atom. The van der Waals surface area contributed by atoms with E-state index >= 15 is 0 Å². The zero-order chi connectivity index (χ0) is 21.6. The Hall–Kier alpha value is -3.36. The number of aryl methyl sites for hydroxylation is 2. The highest BCUT2D eigenvalue weighted by Crippen LogP contribution is 2.32. The number of anilines is 2. The molecule has 0 saturated heterocycles. The zero-order valence-corrected chi connectivity index (χ0v) is 17.6. The van der Waals surface area contributed by atoms with Crippen molar-refractivity contribution < 1.29 is 9.53 Å². The third kappa shape index (κ3) is 3.10. The van der Waals surface area contributed by atoms with Gasteiger partial charge in [0.15, 0.2) is 11.2 Å². The topological polar surface area (TPSA) is 91.4 Å². The number of nitrogens with zero attached hydrogens (tertiary/aromatic N) is 5. The first-order chi connectivity index (χ1) is 14.3. The summed E-state index contributed by atoms with van der Waals surface area (Å²) in [6.45, 7) is 5.13. The van der Waals surface area contributed by atoms with Crippen LogP contribution in [0.1, 0.15) is 19.4 Å². The summed E-state index contributed by atoms with van der Waals surface area (Å²) >= 11 is 0. The lowest BCUT2D eigenvalue weighted by Gasteiger charge is -2.33. The number of ether oxygens (including phenoxy) is 1. The van der Waals surface area contributed by atoms with Gasteiger partial charge in [0.05, 0.1) is 7.11 Å². The molecule has 30 heavy (non-hydrogen) atoms. The van der Waals surface area contributed by atoms with E-state index in [4.69, 9.17) is 0 Å². The van der Waals surface area contributed by atoms with E-state index in [1.165, 1.54) is 17.2 Å². The summed E-state index contributed by atoms with van der Waals surface area (Å²) in [6, 6.07) is 8.27. The fourth-order valence-corrected chi connectivity index (χ4v) is 3.97. The molecule has 9 heteroatoms. The van der Waals surface area contributed by atoms with E-state index in [1.54, 1.807) is 7.05 Å². The highest BCUT2D eigenvalue weighted by atomic mass is 16.5. The Labute approximate surface area is 173 Å². The Bertz CT molecular complexity index is 1240. The minimum absolute atomic E-state index is 0.256. The summed E-state index contributed by atoms with van der Waals surface area (Å²) in [6.07, 6.45) is 0.955. The van der Waals surface area contributed by atoms with E-state index in [1.807, 2.05) is 4.57 Å². The van der Waals surface area contributed by atoms with Gasteiger partial charge in [-0.25, -0.2) is 9.36 Å². The lowest BCUT2D eigenvalue weighted by Crippen LogP contribution is -2.42. The number of hydrogen-bond acceptors (Lipinski definition) is 6. The number of rotatable bonds is 4. The van der Waals surface area contributed by atoms with Crippen LogP contribution in [-0.4, -0.2) is 38.3 Å². The number of benzene rings is 1. The number of fused-ring (bicyclic) bond motifs is 3. The minimum Gasteiger partial charge on any atom is -0.468 e. The largest absolute Gasteiger partial charge is 0.468 e. The highest BCUT2D eigenvalue weighted by molar-refractivity contribution is 5.77. The molecule has 3 heterocycles. The molecule has 0 N–H and O–H groups in total. The summed E-state index contributed by atoms with van der Waals surface area (Å²) in [5.41, 5.74) is 1.72. The Kier molecular flexibility index (Phi) is 4.97. The van der Waals surface area contributed by atoms with Crippen molar-refractivity contribution in [3.8, 4) is 0 Å². The Morgan fingerprint density at radius 1 is 1.20 bits per heavy atom. The Balaban J connectivity index is 1.94. The average Bonchev–Trinajstić information content (AvgIpc) is 3.14. The van der Waals surface area contributed by atoms with Gasteiger partial charge in [0, 0.05) is 25.8 Å². The van der Waals surface area contributed by atoms with Crippen LogP contribution >= 0.6 is 0 Å². The predicted molar refractivity (Wildman–Crippen MR) is 113 cm³/mol. The number of carbonyl (C=O) groups excluding carboxylic acids is 1. The molecule has 158 valence electrons. The lowest BCUT2D eigenvalue weighted by molar-refractivity contribution is -0.141. The van der Waals surface area contributed by atoms with Gasteiger partial charge >= 0.3 is 11.7 Å². The molecule has 1 aromatic carbocycles. The number of hydrogen-bond donors (Lipinski definition) is 0. The quantitative estimate of drug-likeness (QED) is 0.603. The van der Waals surface area contributed by atoms with Crippen molar-refractivity contribution in [3.05, 3.63) is 50.7 Å². The summed E-state index contributed by atoms with van der Waals surface area (Å²) in [7, 11) is 2.78. The van der Waals surface area contributed by atoms with Gasteiger partial charge < -0.3 is 14.2 Å². The number of carbonyl (C=O) groups is 1. The van der Waals surface area contributed by atoms with Crippen molar-refractivity contribution in [2.24, 2.45) is 13.0 Å². The van der Waals surface area contributed by atoms with Crippen molar-refractivity contribution >= 4 is 28.8 Å². The SMILES string of the molecule is CCc1ccc(N2C[C@H](C)Cn3c2nc2c3c(=O)n(CC(=O)OC)c(=O)n2C)cc1. The van der Waals surface area contributed by atoms with Gasteiger partial charge in [-0.3, -0.25) is 14.2 Å². The first kappa shape index (κ1) is 19.9. The monoisotopic (exact) mass is 411 g/mol. The summed E-state index contributed by atoms with van der Waals surface area (Å²) in [4.78, 5) is 44.4. The third-order valence-electron chi connectivity index (χ3n) is 5.61. The molecular formula is C21H25N5O4. The van der Waals surface area contributed by atoms with Crippen molar-refractivity contribution in [2.45, 2.75) is 33.4 Å². The minimum atomic E-state index is -0.655. The maximum Gasteiger partial charge on any atom is 0.333 e. The molecule has 0 aliphatic carbocycles. The lowest BCUT2D eigenvalue weighted by atomic mass is 10.1. The second kappa shape index (κ2) is 7.47. The smallest absolute Gasteiger partial charge is 0.333 e. The maximum atomic E-state index is 13.2. The van der Waals surface area contributed by atoms with Crippen LogP contribution in [0.2, 0.25) is 0 Å². The summed E-state index contributed by atoms with van der Waals surface area (Å²) in [5.74, 6) is 0.222. The standard InChI is InChI=1S/C21H25N5O4/c1-5-14-6-8-15(9-7-14)24-10-13(2)11-25-17-18(22-20(24)25)23(3)21(29)26(19(17)28)12-16(27)30-4/h6-9,13H,5,10-12H2,1-4H3/t13-/m0/s1. The zero-order valence-electron chi connectivity index (χ0n) is 17.6. The fraction of sp³-hybridized carbons (Fsp3) is 0.429. The predicted octanol–water partition coefficient (Wildman–Crippen LogP) is 1.42. The maximum absolute atomic E-state index is 13.2. The molecule has 2 aromatic heterocycles. The van der Waals surface area contributed by atoms with Crippen LogP contribution in [0, 0.1) is 5.92 Å². The molecule has 1 aliphatic rings. The number of imidazole rings is 1. The molecule has 0 spiro atoms.